The molecule has 1 amide bonds. The number of carbonyl (C=O) groups excluding carboxylic acids is 1. The molecule has 1 aliphatic carbocycles. The van der Waals surface area contributed by atoms with Gasteiger partial charge in [-0.3, -0.25) is 4.79 Å². The van der Waals surface area contributed by atoms with E-state index in [1.54, 1.807) is 12.1 Å². The number of aromatic hydroxyl groups is 1. The number of phenolic OH excluding ortho intramolecular Hbond substituents is 1. The fraction of sp³-hybridized carbons (Fsp3) is 0.364. The van der Waals surface area contributed by atoms with E-state index in [0.717, 1.165) is 12.8 Å². The Bertz CT molecular complexity index is 385. The maximum atomic E-state index is 10.8. The molecule has 80 valence electrons. The molecule has 1 aliphatic rings. The van der Waals surface area contributed by atoms with Gasteiger partial charge in [0.15, 0.2) is 11.5 Å². The summed E-state index contributed by atoms with van der Waals surface area (Å²) in [4.78, 5) is 10.8. The molecule has 2 rings (SSSR count). The lowest BCUT2D eigenvalue weighted by atomic mass is 9.96. The minimum absolute atomic E-state index is 0.0294. The molecule has 1 saturated carbocycles. The highest BCUT2D eigenvalue weighted by molar-refractivity contribution is 5.93. The highest BCUT2D eigenvalue weighted by Gasteiger charge is 2.20. The molecule has 1 aromatic rings. The molecule has 0 unspecified atom stereocenters. The molecule has 0 bridgehead atoms. The van der Waals surface area contributed by atoms with Crippen LogP contribution in [0.1, 0.15) is 29.6 Å². The first-order valence-corrected chi connectivity index (χ1v) is 4.96. The number of ether oxygens (including phenoxy) is 1. The summed E-state index contributed by atoms with van der Waals surface area (Å²) in [5.41, 5.74) is 5.37. The Kier molecular flexibility index (Phi) is 2.49. The molecule has 0 saturated heterocycles. The van der Waals surface area contributed by atoms with E-state index in [0.29, 0.717) is 5.75 Å². The highest BCUT2D eigenvalue weighted by atomic mass is 16.5. The van der Waals surface area contributed by atoms with Crippen LogP contribution in [-0.4, -0.2) is 17.1 Å². The van der Waals surface area contributed by atoms with Gasteiger partial charge in [-0.1, -0.05) is 0 Å². The zero-order valence-electron chi connectivity index (χ0n) is 8.27. The number of hydrogen-bond donors (Lipinski definition) is 2. The molecule has 0 heterocycles. The normalized spacial score (nSPS) is 15.7. The summed E-state index contributed by atoms with van der Waals surface area (Å²) in [7, 11) is 0. The van der Waals surface area contributed by atoms with E-state index >= 15 is 0 Å². The molecular formula is C11H13NO3. The monoisotopic (exact) mass is 207 g/mol. The molecule has 4 heteroatoms. The second-order valence-corrected chi connectivity index (χ2v) is 3.72. The van der Waals surface area contributed by atoms with Gasteiger partial charge in [0.05, 0.1) is 6.10 Å². The van der Waals surface area contributed by atoms with Gasteiger partial charge in [-0.05, 0) is 37.5 Å². The van der Waals surface area contributed by atoms with E-state index in [1.165, 1.54) is 12.5 Å². The number of carbonyl (C=O) groups is 1. The zero-order valence-corrected chi connectivity index (χ0v) is 8.27. The first-order valence-electron chi connectivity index (χ1n) is 4.96. The van der Waals surface area contributed by atoms with Crippen LogP contribution in [0.4, 0.5) is 0 Å². The van der Waals surface area contributed by atoms with Gasteiger partial charge in [0.1, 0.15) is 0 Å². The van der Waals surface area contributed by atoms with E-state index < -0.39 is 5.91 Å². The van der Waals surface area contributed by atoms with Gasteiger partial charge >= 0.3 is 0 Å². The van der Waals surface area contributed by atoms with Gasteiger partial charge in [-0.25, -0.2) is 0 Å². The Hall–Kier alpha value is -1.71. The van der Waals surface area contributed by atoms with Crippen molar-refractivity contribution in [3.8, 4) is 11.5 Å². The van der Waals surface area contributed by atoms with E-state index in [2.05, 4.69) is 0 Å². The number of phenols is 1. The van der Waals surface area contributed by atoms with Crippen molar-refractivity contribution in [3.63, 3.8) is 0 Å². The first kappa shape index (κ1) is 9.83. The summed E-state index contributed by atoms with van der Waals surface area (Å²) in [6.07, 6.45) is 3.43. The van der Waals surface area contributed by atoms with Gasteiger partial charge in [0.2, 0.25) is 5.91 Å². The Morgan fingerprint density at radius 2 is 2.20 bits per heavy atom. The predicted molar refractivity (Wildman–Crippen MR) is 54.9 cm³/mol. The van der Waals surface area contributed by atoms with Gasteiger partial charge in [-0.2, -0.15) is 0 Å². The Balaban J connectivity index is 2.14. The summed E-state index contributed by atoms with van der Waals surface area (Å²) in [6.45, 7) is 0. The quantitative estimate of drug-likeness (QED) is 0.787. The lowest BCUT2D eigenvalue weighted by molar-refractivity contribution is 0.0999. The summed E-state index contributed by atoms with van der Waals surface area (Å²) in [6, 6.07) is 4.46. The van der Waals surface area contributed by atoms with Crippen molar-refractivity contribution in [3.05, 3.63) is 23.8 Å². The Labute approximate surface area is 87.7 Å². The van der Waals surface area contributed by atoms with Crippen molar-refractivity contribution in [2.24, 2.45) is 5.73 Å². The van der Waals surface area contributed by atoms with Crippen molar-refractivity contribution in [2.45, 2.75) is 25.4 Å². The second-order valence-electron chi connectivity index (χ2n) is 3.72. The molecule has 0 aromatic heterocycles. The van der Waals surface area contributed by atoms with Gasteiger partial charge in [-0.15, -0.1) is 0 Å². The van der Waals surface area contributed by atoms with Crippen molar-refractivity contribution in [1.29, 1.82) is 0 Å². The van der Waals surface area contributed by atoms with Gasteiger partial charge < -0.3 is 15.6 Å². The second kappa shape index (κ2) is 3.81. The average molecular weight is 207 g/mol. The number of amides is 1. The van der Waals surface area contributed by atoms with Crippen molar-refractivity contribution in [2.75, 3.05) is 0 Å². The molecule has 15 heavy (non-hydrogen) atoms. The molecular weight excluding hydrogens is 194 g/mol. The molecule has 0 atom stereocenters. The van der Waals surface area contributed by atoms with Crippen molar-refractivity contribution in [1.82, 2.24) is 0 Å². The smallest absolute Gasteiger partial charge is 0.248 e. The van der Waals surface area contributed by atoms with Crippen LogP contribution in [0.3, 0.4) is 0 Å². The topological polar surface area (TPSA) is 72.6 Å². The minimum atomic E-state index is -0.555. The van der Waals surface area contributed by atoms with E-state index in [9.17, 15) is 9.90 Å². The molecule has 0 spiro atoms. The lowest BCUT2D eigenvalue weighted by Crippen LogP contribution is -2.24. The standard InChI is InChI=1S/C11H13NO3/c12-11(14)7-4-5-10(9(13)6-7)15-8-2-1-3-8/h4-6,8,13H,1-3H2,(H2,12,14). The third-order valence-corrected chi connectivity index (χ3v) is 2.59. The van der Waals surface area contributed by atoms with Crippen LogP contribution in [0.5, 0.6) is 11.5 Å². The SMILES string of the molecule is NC(=O)c1ccc(OC2CCC2)c(O)c1. The van der Waals surface area contributed by atoms with E-state index in [1.807, 2.05) is 0 Å². The summed E-state index contributed by atoms with van der Waals surface area (Å²) in [5.74, 6) is -0.164. The van der Waals surface area contributed by atoms with Crippen LogP contribution < -0.4 is 10.5 Å². The summed E-state index contributed by atoms with van der Waals surface area (Å²) in [5, 5.41) is 9.58. The molecule has 3 N–H and O–H groups in total. The van der Waals surface area contributed by atoms with Gasteiger partial charge in [0.25, 0.3) is 0 Å². The number of nitrogens with two attached hydrogens (primary N) is 1. The van der Waals surface area contributed by atoms with Crippen LogP contribution in [0.15, 0.2) is 18.2 Å². The highest BCUT2D eigenvalue weighted by Crippen LogP contribution is 2.31. The third kappa shape index (κ3) is 2.03. The molecule has 1 fully saturated rings. The van der Waals surface area contributed by atoms with E-state index in [4.69, 9.17) is 10.5 Å². The van der Waals surface area contributed by atoms with Crippen molar-refractivity contribution < 1.29 is 14.6 Å². The molecule has 1 aromatic carbocycles. The van der Waals surface area contributed by atoms with Gasteiger partial charge in [0, 0.05) is 5.56 Å². The Morgan fingerprint density at radius 3 is 2.67 bits per heavy atom. The van der Waals surface area contributed by atoms with Crippen LogP contribution >= 0.6 is 0 Å². The number of primary amides is 1. The van der Waals surface area contributed by atoms with Crippen LogP contribution in [0, 0.1) is 0 Å². The van der Waals surface area contributed by atoms with Crippen LogP contribution in [-0.2, 0) is 0 Å². The summed E-state index contributed by atoms with van der Waals surface area (Å²) >= 11 is 0. The minimum Gasteiger partial charge on any atom is -0.504 e. The fourth-order valence-electron chi connectivity index (χ4n) is 1.44. The third-order valence-electron chi connectivity index (χ3n) is 2.59. The largest absolute Gasteiger partial charge is 0.504 e. The molecule has 0 radical (unpaired) electrons. The Morgan fingerprint density at radius 1 is 1.47 bits per heavy atom. The lowest BCUT2D eigenvalue weighted by Gasteiger charge is -2.26. The van der Waals surface area contributed by atoms with Crippen molar-refractivity contribution >= 4 is 5.91 Å². The maximum Gasteiger partial charge on any atom is 0.248 e. The average Bonchev–Trinajstić information content (AvgIpc) is 2.12. The summed E-state index contributed by atoms with van der Waals surface area (Å²) < 4.78 is 5.51. The number of benzene rings is 1. The first-order chi connectivity index (χ1) is 7.16. The zero-order chi connectivity index (χ0) is 10.8. The molecule has 0 aliphatic heterocycles. The van der Waals surface area contributed by atoms with E-state index in [-0.39, 0.29) is 17.4 Å². The maximum absolute atomic E-state index is 10.8. The number of hydrogen-bond acceptors (Lipinski definition) is 3. The number of rotatable bonds is 3. The van der Waals surface area contributed by atoms with Crippen LogP contribution in [0.2, 0.25) is 0 Å². The van der Waals surface area contributed by atoms with Crippen LogP contribution in [0.25, 0.3) is 0 Å². The predicted octanol–water partition coefficient (Wildman–Crippen LogP) is 1.42. The fourth-order valence-corrected chi connectivity index (χ4v) is 1.44. The molecule has 4 nitrogen and oxygen atoms in total.